The monoisotopic (exact) mass is 293 g/mol. The third-order valence-electron chi connectivity index (χ3n) is 4.52. The van der Waals surface area contributed by atoms with E-state index >= 15 is 0 Å². The summed E-state index contributed by atoms with van der Waals surface area (Å²) in [5.74, 6) is 1.54. The zero-order valence-corrected chi connectivity index (χ0v) is 12.7. The number of hydrogen-bond donors (Lipinski definition) is 2. The van der Waals surface area contributed by atoms with Crippen LogP contribution in [0.1, 0.15) is 55.7 Å². The van der Waals surface area contributed by atoms with E-state index < -0.39 is 0 Å². The lowest BCUT2D eigenvalue weighted by Gasteiger charge is -2.24. The van der Waals surface area contributed by atoms with Crippen LogP contribution in [0.2, 0.25) is 0 Å². The molecule has 5 heteroatoms. The molecule has 2 aliphatic rings. The number of anilines is 1. The van der Waals surface area contributed by atoms with Crippen LogP contribution in [0.15, 0.2) is 6.20 Å². The minimum absolute atomic E-state index is 0.128. The molecular formula is C15H23N3OS. The molecule has 2 N–H and O–H groups in total. The second-order valence-corrected chi connectivity index (χ2v) is 7.04. The molecule has 0 unspecified atom stereocenters. The summed E-state index contributed by atoms with van der Waals surface area (Å²) in [5, 5.41) is 7.11. The smallest absolute Gasteiger partial charge is 0.226 e. The van der Waals surface area contributed by atoms with Crippen LogP contribution in [0.3, 0.4) is 0 Å². The summed E-state index contributed by atoms with van der Waals surface area (Å²) in [6, 6.07) is 0. The summed E-state index contributed by atoms with van der Waals surface area (Å²) in [5.41, 5.74) is 0. The highest BCUT2D eigenvalue weighted by Gasteiger charge is 2.20. The Morgan fingerprint density at radius 1 is 1.35 bits per heavy atom. The van der Waals surface area contributed by atoms with Crippen LogP contribution in [0.5, 0.6) is 0 Å². The number of thiazole rings is 1. The zero-order valence-electron chi connectivity index (χ0n) is 11.9. The molecular weight excluding hydrogens is 270 g/mol. The summed E-state index contributed by atoms with van der Waals surface area (Å²) < 4.78 is 0. The van der Waals surface area contributed by atoms with Crippen molar-refractivity contribution in [1.29, 1.82) is 0 Å². The van der Waals surface area contributed by atoms with Crippen LogP contribution in [0, 0.1) is 5.92 Å². The SMILES string of the molecule is O=C(CCC1CCC1)Nc1ncc(C2CCNCC2)s1. The molecule has 0 spiro atoms. The van der Waals surface area contributed by atoms with Gasteiger partial charge in [-0.2, -0.15) is 0 Å². The van der Waals surface area contributed by atoms with Gasteiger partial charge in [-0.3, -0.25) is 4.79 Å². The number of aromatic nitrogens is 1. The molecule has 1 saturated carbocycles. The van der Waals surface area contributed by atoms with Gasteiger partial charge in [-0.1, -0.05) is 19.3 Å². The molecule has 0 radical (unpaired) electrons. The van der Waals surface area contributed by atoms with E-state index in [9.17, 15) is 4.79 Å². The predicted octanol–water partition coefficient (Wildman–Crippen LogP) is 3.13. The van der Waals surface area contributed by atoms with Crippen LogP contribution in [0.4, 0.5) is 5.13 Å². The summed E-state index contributed by atoms with van der Waals surface area (Å²) >= 11 is 1.65. The molecule has 1 aromatic heterocycles. The Hall–Kier alpha value is -0.940. The molecule has 1 amide bonds. The average molecular weight is 293 g/mol. The molecule has 110 valence electrons. The molecule has 0 atom stereocenters. The first-order valence-corrected chi connectivity index (χ1v) is 8.59. The minimum Gasteiger partial charge on any atom is -0.317 e. The van der Waals surface area contributed by atoms with E-state index in [1.54, 1.807) is 11.3 Å². The molecule has 1 aromatic rings. The van der Waals surface area contributed by atoms with Gasteiger partial charge in [0.2, 0.25) is 5.91 Å². The number of nitrogens with one attached hydrogen (secondary N) is 2. The van der Waals surface area contributed by atoms with E-state index in [4.69, 9.17) is 0 Å². The fourth-order valence-corrected chi connectivity index (χ4v) is 3.94. The van der Waals surface area contributed by atoms with Crippen molar-refractivity contribution in [1.82, 2.24) is 10.3 Å². The normalized spacial score (nSPS) is 20.6. The summed E-state index contributed by atoms with van der Waals surface area (Å²) in [6.07, 6.45) is 9.95. The number of carbonyl (C=O) groups excluding carboxylic acids is 1. The molecule has 1 aliphatic heterocycles. The second-order valence-electron chi connectivity index (χ2n) is 5.98. The van der Waals surface area contributed by atoms with E-state index in [1.165, 1.54) is 37.0 Å². The number of amides is 1. The summed E-state index contributed by atoms with van der Waals surface area (Å²) in [4.78, 5) is 17.6. The molecule has 1 aliphatic carbocycles. The minimum atomic E-state index is 0.128. The lowest BCUT2D eigenvalue weighted by atomic mass is 9.82. The Morgan fingerprint density at radius 2 is 2.15 bits per heavy atom. The van der Waals surface area contributed by atoms with Crippen molar-refractivity contribution >= 4 is 22.4 Å². The van der Waals surface area contributed by atoms with Gasteiger partial charge in [0.15, 0.2) is 5.13 Å². The maximum absolute atomic E-state index is 11.9. The van der Waals surface area contributed by atoms with E-state index in [0.717, 1.165) is 30.6 Å². The summed E-state index contributed by atoms with van der Waals surface area (Å²) in [7, 11) is 0. The van der Waals surface area contributed by atoms with Gasteiger partial charge in [0.1, 0.15) is 0 Å². The molecule has 20 heavy (non-hydrogen) atoms. The first-order valence-electron chi connectivity index (χ1n) is 7.77. The van der Waals surface area contributed by atoms with Gasteiger partial charge in [-0.15, -0.1) is 11.3 Å². The second kappa shape index (κ2) is 6.68. The summed E-state index contributed by atoms with van der Waals surface area (Å²) in [6.45, 7) is 2.18. The molecule has 0 aromatic carbocycles. The maximum Gasteiger partial charge on any atom is 0.226 e. The van der Waals surface area contributed by atoms with Crippen molar-refractivity contribution in [2.45, 2.75) is 50.9 Å². The lowest BCUT2D eigenvalue weighted by Crippen LogP contribution is -2.26. The highest BCUT2D eigenvalue weighted by Crippen LogP contribution is 2.32. The van der Waals surface area contributed by atoms with E-state index in [0.29, 0.717) is 12.3 Å². The molecule has 4 nitrogen and oxygen atoms in total. The van der Waals surface area contributed by atoms with Gasteiger partial charge < -0.3 is 10.6 Å². The van der Waals surface area contributed by atoms with Gasteiger partial charge in [-0.05, 0) is 44.2 Å². The van der Waals surface area contributed by atoms with Gasteiger partial charge in [-0.25, -0.2) is 4.98 Å². The van der Waals surface area contributed by atoms with E-state index in [1.807, 2.05) is 6.20 Å². The Bertz CT molecular complexity index is 450. The predicted molar refractivity (Wildman–Crippen MR) is 82.2 cm³/mol. The van der Waals surface area contributed by atoms with Crippen molar-refractivity contribution in [3.63, 3.8) is 0 Å². The van der Waals surface area contributed by atoms with Crippen LogP contribution in [-0.2, 0) is 4.79 Å². The largest absolute Gasteiger partial charge is 0.317 e. The number of hydrogen-bond acceptors (Lipinski definition) is 4. The average Bonchev–Trinajstić information content (AvgIpc) is 2.86. The van der Waals surface area contributed by atoms with Crippen LogP contribution >= 0.6 is 11.3 Å². The lowest BCUT2D eigenvalue weighted by molar-refractivity contribution is -0.116. The van der Waals surface area contributed by atoms with E-state index in [-0.39, 0.29) is 5.91 Å². The maximum atomic E-state index is 11.9. The van der Waals surface area contributed by atoms with Gasteiger partial charge in [0.05, 0.1) is 0 Å². The van der Waals surface area contributed by atoms with Crippen molar-refractivity contribution < 1.29 is 4.79 Å². The number of nitrogens with zero attached hydrogens (tertiary/aromatic N) is 1. The Kier molecular flexibility index (Phi) is 4.68. The Labute approximate surface area is 124 Å². The number of carbonyl (C=O) groups is 1. The van der Waals surface area contributed by atoms with Crippen molar-refractivity contribution in [2.75, 3.05) is 18.4 Å². The highest BCUT2D eigenvalue weighted by molar-refractivity contribution is 7.15. The zero-order chi connectivity index (χ0) is 13.8. The highest BCUT2D eigenvalue weighted by atomic mass is 32.1. The van der Waals surface area contributed by atoms with Gasteiger partial charge in [0.25, 0.3) is 0 Å². The van der Waals surface area contributed by atoms with Crippen molar-refractivity contribution in [3.8, 4) is 0 Å². The topological polar surface area (TPSA) is 54.0 Å². The molecule has 1 saturated heterocycles. The fraction of sp³-hybridized carbons (Fsp3) is 0.733. The quantitative estimate of drug-likeness (QED) is 0.877. The van der Waals surface area contributed by atoms with Crippen LogP contribution < -0.4 is 10.6 Å². The standard InChI is InChI=1S/C15H23N3OS/c19-14(5-4-11-2-1-3-11)18-15-17-10-13(20-15)12-6-8-16-9-7-12/h10-12,16H,1-9H2,(H,17,18,19). The molecule has 0 bridgehead atoms. The molecule has 2 heterocycles. The number of piperidine rings is 1. The van der Waals surface area contributed by atoms with Crippen LogP contribution in [0.25, 0.3) is 0 Å². The molecule has 3 rings (SSSR count). The fourth-order valence-electron chi connectivity index (χ4n) is 2.94. The van der Waals surface area contributed by atoms with Crippen molar-refractivity contribution in [3.05, 3.63) is 11.1 Å². The van der Waals surface area contributed by atoms with Gasteiger partial charge >= 0.3 is 0 Å². The van der Waals surface area contributed by atoms with E-state index in [2.05, 4.69) is 15.6 Å². The third kappa shape index (κ3) is 3.58. The van der Waals surface area contributed by atoms with Gasteiger partial charge in [0, 0.05) is 17.5 Å². The number of rotatable bonds is 5. The molecule has 2 fully saturated rings. The Balaban J connectivity index is 1.47. The Morgan fingerprint density at radius 3 is 2.85 bits per heavy atom. The van der Waals surface area contributed by atoms with Crippen LogP contribution in [-0.4, -0.2) is 24.0 Å². The van der Waals surface area contributed by atoms with Crippen molar-refractivity contribution in [2.24, 2.45) is 5.92 Å². The third-order valence-corrected chi connectivity index (χ3v) is 5.59. The first kappa shape index (κ1) is 14.0. The first-order chi connectivity index (χ1) is 9.81.